The van der Waals surface area contributed by atoms with Crippen LogP contribution in [0.4, 0.5) is 4.79 Å². The normalized spacial score (nSPS) is 16.5. The summed E-state index contributed by atoms with van der Waals surface area (Å²) in [4.78, 5) is 10.4. The summed E-state index contributed by atoms with van der Waals surface area (Å²) in [7, 11) is 0. The largest absolute Gasteiger partial charge is 0.361 e. The van der Waals surface area contributed by atoms with E-state index < -0.39 is 6.03 Å². The molecule has 6 heteroatoms. The van der Waals surface area contributed by atoms with Crippen LogP contribution in [0.25, 0.3) is 0 Å². The van der Waals surface area contributed by atoms with E-state index in [1.807, 2.05) is 0 Å². The quantitative estimate of drug-likeness (QED) is 0.428. The van der Waals surface area contributed by atoms with Gasteiger partial charge in [-0.2, -0.15) is 0 Å². The van der Waals surface area contributed by atoms with Crippen LogP contribution in [0.2, 0.25) is 0 Å². The van der Waals surface area contributed by atoms with Crippen LogP contribution in [0.5, 0.6) is 0 Å². The van der Waals surface area contributed by atoms with Gasteiger partial charge in [-0.25, -0.2) is 4.79 Å². The second kappa shape index (κ2) is 7.27. The Kier molecular flexibility index (Phi) is 5.92. The number of nitrogens with two attached hydrogens (primary N) is 1. The lowest BCUT2D eigenvalue weighted by Gasteiger charge is -2.24. The van der Waals surface area contributed by atoms with Crippen LogP contribution >= 0.6 is 12.2 Å². The van der Waals surface area contributed by atoms with E-state index in [1.54, 1.807) is 0 Å². The van der Waals surface area contributed by atoms with E-state index in [0.29, 0.717) is 24.2 Å². The Morgan fingerprint density at radius 3 is 2.44 bits per heavy atom. The molecule has 5 N–H and O–H groups in total. The molecule has 2 amide bonds. The van der Waals surface area contributed by atoms with E-state index in [9.17, 15) is 4.79 Å². The molecule has 1 aliphatic rings. The van der Waals surface area contributed by atoms with Crippen LogP contribution in [0.15, 0.2) is 0 Å². The van der Waals surface area contributed by atoms with E-state index in [2.05, 4.69) is 16.0 Å². The van der Waals surface area contributed by atoms with Gasteiger partial charge in [0.15, 0.2) is 5.11 Å². The molecule has 0 radical (unpaired) electrons. The van der Waals surface area contributed by atoms with Gasteiger partial charge in [-0.3, -0.25) is 0 Å². The van der Waals surface area contributed by atoms with Crippen molar-refractivity contribution >= 4 is 23.4 Å². The molecule has 0 unspecified atom stereocenters. The topological polar surface area (TPSA) is 79.2 Å². The third-order valence-corrected chi connectivity index (χ3v) is 2.91. The predicted molar refractivity (Wildman–Crippen MR) is 68.2 cm³/mol. The second-order valence-electron chi connectivity index (χ2n) is 4.03. The molecule has 1 saturated carbocycles. The molecule has 1 rings (SSSR count). The molecule has 5 nitrogen and oxygen atoms in total. The van der Waals surface area contributed by atoms with E-state index in [4.69, 9.17) is 18.0 Å². The van der Waals surface area contributed by atoms with Crippen molar-refractivity contribution in [3.63, 3.8) is 0 Å². The van der Waals surface area contributed by atoms with Crippen LogP contribution in [0.1, 0.15) is 32.1 Å². The van der Waals surface area contributed by atoms with Crippen LogP contribution in [0.3, 0.4) is 0 Å². The number of rotatable bonds is 4. The molecule has 16 heavy (non-hydrogen) atoms. The fourth-order valence-electron chi connectivity index (χ4n) is 1.85. The highest BCUT2D eigenvalue weighted by atomic mass is 32.1. The molecule has 1 fully saturated rings. The minimum absolute atomic E-state index is 0.488. The van der Waals surface area contributed by atoms with Crippen molar-refractivity contribution in [2.45, 2.75) is 38.1 Å². The number of hydrogen-bond donors (Lipinski definition) is 4. The first-order valence-corrected chi connectivity index (χ1v) is 6.17. The van der Waals surface area contributed by atoms with Crippen LogP contribution in [-0.4, -0.2) is 30.3 Å². The summed E-state index contributed by atoms with van der Waals surface area (Å²) >= 11 is 5.15. The summed E-state index contributed by atoms with van der Waals surface area (Å²) in [5.41, 5.74) is 4.93. The molecule has 0 atom stereocenters. The Labute approximate surface area is 102 Å². The molecule has 92 valence electrons. The van der Waals surface area contributed by atoms with Gasteiger partial charge in [0.05, 0.1) is 0 Å². The van der Waals surface area contributed by atoms with Gasteiger partial charge in [0.2, 0.25) is 0 Å². The predicted octanol–water partition coefficient (Wildman–Crippen LogP) is 0.451. The molecule has 0 heterocycles. The summed E-state index contributed by atoms with van der Waals surface area (Å²) in [6.07, 6.45) is 6.29. The summed E-state index contributed by atoms with van der Waals surface area (Å²) in [5, 5.41) is 9.48. The lowest BCUT2D eigenvalue weighted by atomic mass is 9.96. The van der Waals surface area contributed by atoms with Crippen LogP contribution in [0, 0.1) is 0 Å². The number of urea groups is 1. The maximum atomic E-state index is 10.4. The lowest BCUT2D eigenvalue weighted by molar-refractivity contribution is 0.249. The SMILES string of the molecule is NC(=O)NCCNC(=S)NC1CCCCC1. The van der Waals surface area contributed by atoms with E-state index in [-0.39, 0.29) is 0 Å². The van der Waals surface area contributed by atoms with Gasteiger partial charge in [-0.05, 0) is 25.1 Å². The first-order chi connectivity index (χ1) is 7.68. The zero-order chi connectivity index (χ0) is 11.8. The number of primary amides is 1. The highest BCUT2D eigenvalue weighted by molar-refractivity contribution is 7.80. The van der Waals surface area contributed by atoms with Crippen molar-refractivity contribution in [2.75, 3.05) is 13.1 Å². The van der Waals surface area contributed by atoms with Crippen molar-refractivity contribution in [1.29, 1.82) is 0 Å². The van der Waals surface area contributed by atoms with Crippen molar-refractivity contribution in [3.8, 4) is 0 Å². The number of carbonyl (C=O) groups excluding carboxylic acids is 1. The molecular formula is C10H20N4OS. The molecule has 0 bridgehead atoms. The maximum Gasteiger partial charge on any atom is 0.312 e. The third-order valence-electron chi connectivity index (χ3n) is 2.65. The monoisotopic (exact) mass is 244 g/mol. The standard InChI is InChI=1S/C10H20N4OS/c11-9(15)12-6-7-13-10(16)14-8-4-2-1-3-5-8/h8H,1-7H2,(H3,11,12,15)(H2,13,14,16). The average Bonchev–Trinajstić information content (AvgIpc) is 2.25. The zero-order valence-electron chi connectivity index (χ0n) is 9.42. The van der Waals surface area contributed by atoms with Crippen molar-refractivity contribution < 1.29 is 4.79 Å². The Morgan fingerprint density at radius 1 is 1.19 bits per heavy atom. The highest BCUT2D eigenvalue weighted by Crippen LogP contribution is 2.16. The lowest BCUT2D eigenvalue weighted by Crippen LogP contribution is -2.45. The molecular weight excluding hydrogens is 224 g/mol. The van der Waals surface area contributed by atoms with Gasteiger partial charge < -0.3 is 21.7 Å². The minimum atomic E-state index is -0.507. The number of carbonyl (C=O) groups is 1. The molecule has 0 spiro atoms. The smallest absolute Gasteiger partial charge is 0.312 e. The van der Waals surface area contributed by atoms with Gasteiger partial charge >= 0.3 is 6.03 Å². The van der Waals surface area contributed by atoms with Gasteiger partial charge in [0, 0.05) is 19.1 Å². The molecule has 0 aromatic carbocycles. The van der Waals surface area contributed by atoms with E-state index in [0.717, 1.165) is 0 Å². The second-order valence-corrected chi connectivity index (χ2v) is 4.43. The zero-order valence-corrected chi connectivity index (χ0v) is 10.2. The van der Waals surface area contributed by atoms with E-state index >= 15 is 0 Å². The fourth-order valence-corrected chi connectivity index (χ4v) is 2.11. The Hall–Kier alpha value is -1.04. The summed E-state index contributed by atoms with van der Waals surface area (Å²) < 4.78 is 0. The van der Waals surface area contributed by atoms with Crippen molar-refractivity contribution in [1.82, 2.24) is 16.0 Å². The molecule has 1 aliphatic carbocycles. The van der Waals surface area contributed by atoms with E-state index in [1.165, 1.54) is 32.1 Å². The maximum absolute atomic E-state index is 10.4. The van der Waals surface area contributed by atoms with Gasteiger partial charge in [0.1, 0.15) is 0 Å². The Balaban J connectivity index is 2.03. The Bertz CT molecular complexity index is 241. The first-order valence-electron chi connectivity index (χ1n) is 5.76. The summed E-state index contributed by atoms with van der Waals surface area (Å²) in [6, 6.07) is 0.00538. The molecule has 0 saturated heterocycles. The fraction of sp³-hybridized carbons (Fsp3) is 0.800. The van der Waals surface area contributed by atoms with Crippen molar-refractivity contribution in [2.24, 2.45) is 5.73 Å². The number of hydrogen-bond acceptors (Lipinski definition) is 2. The highest BCUT2D eigenvalue weighted by Gasteiger charge is 2.13. The molecule has 0 aliphatic heterocycles. The number of nitrogens with one attached hydrogen (secondary N) is 3. The Morgan fingerprint density at radius 2 is 1.81 bits per heavy atom. The average molecular weight is 244 g/mol. The van der Waals surface area contributed by atoms with Crippen LogP contribution < -0.4 is 21.7 Å². The third kappa shape index (κ3) is 5.75. The van der Waals surface area contributed by atoms with Gasteiger partial charge in [-0.1, -0.05) is 19.3 Å². The van der Waals surface area contributed by atoms with Crippen LogP contribution in [-0.2, 0) is 0 Å². The number of amides is 2. The minimum Gasteiger partial charge on any atom is -0.361 e. The summed E-state index contributed by atoms with van der Waals surface area (Å²) in [6.45, 7) is 1.09. The molecule has 0 aromatic rings. The number of thiocarbonyl (C=S) groups is 1. The van der Waals surface area contributed by atoms with Crippen molar-refractivity contribution in [3.05, 3.63) is 0 Å². The first kappa shape index (κ1) is 13.0. The summed E-state index contributed by atoms with van der Waals surface area (Å²) in [5.74, 6) is 0. The van der Waals surface area contributed by atoms with Gasteiger partial charge in [-0.15, -0.1) is 0 Å². The van der Waals surface area contributed by atoms with Gasteiger partial charge in [0.25, 0.3) is 0 Å². The molecule has 0 aromatic heterocycles.